The second-order valence-electron chi connectivity index (χ2n) is 4.36. The van der Waals surface area contributed by atoms with Crippen molar-refractivity contribution in [3.8, 4) is 0 Å². The van der Waals surface area contributed by atoms with E-state index >= 15 is 0 Å². The Hall–Kier alpha value is -0.330. The normalized spacial score (nSPS) is 24.9. The molecule has 0 aromatic rings. The number of nitrogens with zero attached hydrogens (tertiary/aromatic N) is 1. The van der Waals surface area contributed by atoms with E-state index in [-0.39, 0.29) is 12.1 Å². The maximum atomic E-state index is 12.1. The van der Waals surface area contributed by atoms with Gasteiger partial charge in [0.05, 0.1) is 13.2 Å². The van der Waals surface area contributed by atoms with Gasteiger partial charge in [0, 0.05) is 32.3 Å². The third kappa shape index (κ3) is 5.14. The molecule has 16 heavy (non-hydrogen) atoms. The minimum atomic E-state index is -4.09. The third-order valence-corrected chi connectivity index (χ3v) is 2.61. The molecule has 2 atom stereocenters. The average Bonchev–Trinajstić information content (AvgIpc) is 2.49. The second kappa shape index (κ2) is 5.84. The second-order valence-corrected chi connectivity index (χ2v) is 4.36. The maximum absolute atomic E-state index is 12.1. The zero-order chi connectivity index (χ0) is 12.2. The van der Waals surface area contributed by atoms with Gasteiger partial charge in [0.1, 0.15) is 0 Å². The molecule has 0 aromatic heterocycles. The zero-order valence-corrected chi connectivity index (χ0v) is 9.68. The van der Waals surface area contributed by atoms with Crippen molar-refractivity contribution in [2.24, 2.45) is 0 Å². The number of ether oxygens (including phenoxy) is 1. The van der Waals surface area contributed by atoms with Crippen molar-refractivity contribution in [1.29, 1.82) is 0 Å². The van der Waals surface area contributed by atoms with Gasteiger partial charge >= 0.3 is 6.18 Å². The number of hydrogen-bond donors (Lipinski definition) is 1. The standard InChI is InChI=1S/C10H19F3N2O/c1-8(6-16-2)14-9-3-4-15(5-9)7-10(11,12)13/h8-9,14H,3-7H2,1-2H3. The van der Waals surface area contributed by atoms with Gasteiger partial charge in [-0.05, 0) is 13.3 Å². The van der Waals surface area contributed by atoms with Crippen molar-refractivity contribution < 1.29 is 17.9 Å². The lowest BCUT2D eigenvalue weighted by Gasteiger charge is -2.20. The highest BCUT2D eigenvalue weighted by Crippen LogP contribution is 2.20. The molecular weight excluding hydrogens is 221 g/mol. The number of hydrogen-bond acceptors (Lipinski definition) is 3. The molecule has 0 radical (unpaired) electrons. The average molecular weight is 240 g/mol. The fourth-order valence-corrected chi connectivity index (χ4v) is 2.07. The van der Waals surface area contributed by atoms with Gasteiger partial charge in [0.25, 0.3) is 0 Å². The molecule has 0 amide bonds. The summed E-state index contributed by atoms with van der Waals surface area (Å²) in [6.07, 6.45) is -3.32. The Kier molecular flexibility index (Phi) is 5.01. The molecule has 1 saturated heterocycles. The van der Waals surface area contributed by atoms with Gasteiger partial charge in [-0.2, -0.15) is 13.2 Å². The number of alkyl halides is 3. The number of rotatable bonds is 5. The van der Waals surface area contributed by atoms with Crippen LogP contribution in [-0.4, -0.2) is 56.5 Å². The van der Waals surface area contributed by atoms with Crippen molar-refractivity contribution >= 4 is 0 Å². The summed E-state index contributed by atoms with van der Waals surface area (Å²) in [7, 11) is 1.61. The Morgan fingerprint density at radius 1 is 1.50 bits per heavy atom. The molecule has 1 aliphatic heterocycles. The molecular formula is C10H19F3N2O. The van der Waals surface area contributed by atoms with Crippen molar-refractivity contribution in [2.75, 3.05) is 33.4 Å². The fourth-order valence-electron chi connectivity index (χ4n) is 2.07. The Labute approximate surface area is 93.9 Å². The molecule has 0 aromatic carbocycles. The monoisotopic (exact) mass is 240 g/mol. The minimum Gasteiger partial charge on any atom is -0.383 e. The largest absolute Gasteiger partial charge is 0.401 e. The first-order valence-electron chi connectivity index (χ1n) is 5.45. The molecule has 0 saturated carbocycles. The van der Waals surface area contributed by atoms with E-state index in [1.54, 1.807) is 7.11 Å². The highest BCUT2D eigenvalue weighted by molar-refractivity contribution is 4.83. The van der Waals surface area contributed by atoms with Crippen LogP contribution in [0.1, 0.15) is 13.3 Å². The summed E-state index contributed by atoms with van der Waals surface area (Å²) in [5.41, 5.74) is 0. The summed E-state index contributed by atoms with van der Waals surface area (Å²) in [4.78, 5) is 1.44. The molecule has 1 aliphatic rings. The zero-order valence-electron chi connectivity index (χ0n) is 9.68. The van der Waals surface area contributed by atoms with Crippen LogP contribution in [0.15, 0.2) is 0 Å². The summed E-state index contributed by atoms with van der Waals surface area (Å²) < 4.78 is 41.4. The topological polar surface area (TPSA) is 24.5 Å². The molecule has 1 N–H and O–H groups in total. The lowest BCUT2D eigenvalue weighted by atomic mass is 10.2. The molecule has 0 spiro atoms. The van der Waals surface area contributed by atoms with E-state index in [9.17, 15) is 13.2 Å². The molecule has 0 bridgehead atoms. The maximum Gasteiger partial charge on any atom is 0.401 e. The van der Waals surface area contributed by atoms with E-state index < -0.39 is 12.7 Å². The van der Waals surface area contributed by atoms with Crippen LogP contribution in [0.2, 0.25) is 0 Å². The Morgan fingerprint density at radius 3 is 2.75 bits per heavy atom. The predicted molar refractivity (Wildman–Crippen MR) is 55.4 cm³/mol. The van der Waals surface area contributed by atoms with E-state index in [4.69, 9.17) is 4.74 Å². The molecule has 3 nitrogen and oxygen atoms in total. The highest BCUT2D eigenvalue weighted by Gasteiger charge is 2.34. The van der Waals surface area contributed by atoms with Crippen molar-refractivity contribution in [2.45, 2.75) is 31.6 Å². The predicted octanol–water partition coefficient (Wildman–Crippen LogP) is 1.25. The van der Waals surface area contributed by atoms with E-state index in [1.807, 2.05) is 6.92 Å². The van der Waals surface area contributed by atoms with E-state index in [1.165, 1.54) is 4.90 Å². The fraction of sp³-hybridized carbons (Fsp3) is 1.00. The van der Waals surface area contributed by atoms with Crippen LogP contribution in [0.5, 0.6) is 0 Å². The minimum absolute atomic E-state index is 0.146. The first-order valence-corrected chi connectivity index (χ1v) is 5.45. The molecule has 96 valence electrons. The summed E-state index contributed by atoms with van der Waals surface area (Å²) in [6.45, 7) is 2.72. The van der Waals surface area contributed by atoms with Crippen LogP contribution >= 0.6 is 0 Å². The number of likely N-dealkylation sites (tertiary alicyclic amines) is 1. The Morgan fingerprint density at radius 2 is 2.19 bits per heavy atom. The quantitative estimate of drug-likeness (QED) is 0.782. The number of nitrogens with one attached hydrogen (secondary N) is 1. The first kappa shape index (κ1) is 13.7. The van der Waals surface area contributed by atoms with Gasteiger partial charge in [-0.25, -0.2) is 0 Å². The van der Waals surface area contributed by atoms with Crippen LogP contribution in [0.25, 0.3) is 0 Å². The molecule has 0 aliphatic carbocycles. The van der Waals surface area contributed by atoms with Gasteiger partial charge in [0.15, 0.2) is 0 Å². The number of halogens is 3. The smallest absolute Gasteiger partial charge is 0.383 e. The SMILES string of the molecule is COCC(C)NC1CCN(CC(F)(F)F)C1. The summed E-state index contributed by atoms with van der Waals surface area (Å²) in [6, 6.07) is 0.327. The third-order valence-electron chi connectivity index (χ3n) is 2.61. The van der Waals surface area contributed by atoms with E-state index in [0.717, 1.165) is 6.42 Å². The molecule has 1 heterocycles. The van der Waals surface area contributed by atoms with Gasteiger partial charge in [-0.15, -0.1) is 0 Å². The van der Waals surface area contributed by atoms with Crippen LogP contribution in [0.3, 0.4) is 0 Å². The van der Waals surface area contributed by atoms with Crippen LogP contribution in [0, 0.1) is 0 Å². The van der Waals surface area contributed by atoms with Gasteiger partial charge in [-0.1, -0.05) is 0 Å². The van der Waals surface area contributed by atoms with Gasteiger partial charge < -0.3 is 10.1 Å². The lowest BCUT2D eigenvalue weighted by Crippen LogP contribution is -2.41. The summed E-state index contributed by atoms with van der Waals surface area (Å²) in [5, 5.41) is 3.26. The van der Waals surface area contributed by atoms with Crippen LogP contribution < -0.4 is 5.32 Å². The summed E-state index contributed by atoms with van der Waals surface area (Å²) in [5.74, 6) is 0. The van der Waals surface area contributed by atoms with Gasteiger partial charge in [0.2, 0.25) is 0 Å². The van der Waals surface area contributed by atoms with Crippen molar-refractivity contribution in [3.05, 3.63) is 0 Å². The molecule has 1 rings (SSSR count). The molecule has 6 heteroatoms. The van der Waals surface area contributed by atoms with Crippen molar-refractivity contribution in [3.63, 3.8) is 0 Å². The Bertz CT molecular complexity index is 211. The highest BCUT2D eigenvalue weighted by atomic mass is 19.4. The number of methoxy groups -OCH3 is 1. The van der Waals surface area contributed by atoms with Crippen LogP contribution in [-0.2, 0) is 4.74 Å². The molecule has 2 unspecified atom stereocenters. The summed E-state index contributed by atoms with van der Waals surface area (Å²) >= 11 is 0. The Balaban J connectivity index is 2.24. The van der Waals surface area contributed by atoms with Gasteiger partial charge in [-0.3, -0.25) is 4.90 Å². The van der Waals surface area contributed by atoms with E-state index in [0.29, 0.717) is 19.7 Å². The van der Waals surface area contributed by atoms with Crippen molar-refractivity contribution in [1.82, 2.24) is 10.2 Å². The van der Waals surface area contributed by atoms with E-state index in [2.05, 4.69) is 5.32 Å². The first-order chi connectivity index (χ1) is 7.40. The lowest BCUT2D eigenvalue weighted by molar-refractivity contribution is -0.143. The van der Waals surface area contributed by atoms with Crippen LogP contribution in [0.4, 0.5) is 13.2 Å². The molecule has 1 fully saturated rings.